The number of carbonyl (C=O) groups excluding carboxylic acids is 1. The quantitative estimate of drug-likeness (QED) is 0.596. The maximum absolute atomic E-state index is 13.2. The Morgan fingerprint density at radius 3 is 3.00 bits per heavy atom. The zero-order valence-electron chi connectivity index (χ0n) is 12.0. The minimum Gasteiger partial charge on any atom is -0.507 e. The number of hydrogen-bond acceptors (Lipinski definition) is 5. The fraction of sp³-hybridized carbons (Fsp3) is 0.0625. The predicted octanol–water partition coefficient (Wildman–Crippen LogP) is 2.23. The van der Waals surface area contributed by atoms with Gasteiger partial charge < -0.3 is 14.9 Å². The highest BCUT2D eigenvalue weighted by molar-refractivity contribution is 5.94. The van der Waals surface area contributed by atoms with Crippen LogP contribution in [-0.2, 0) is 11.2 Å². The van der Waals surface area contributed by atoms with Crippen molar-refractivity contribution in [2.45, 2.75) is 6.42 Å². The van der Waals surface area contributed by atoms with Crippen molar-refractivity contribution in [2.24, 2.45) is 0 Å². The molecule has 23 heavy (non-hydrogen) atoms. The Hall–Kier alpha value is -3.06. The van der Waals surface area contributed by atoms with Crippen molar-refractivity contribution in [2.75, 3.05) is 0 Å². The molecule has 1 aromatic heterocycles. The van der Waals surface area contributed by atoms with Crippen LogP contribution < -0.4 is 11.0 Å². The predicted molar refractivity (Wildman–Crippen MR) is 80.8 cm³/mol. The summed E-state index contributed by atoms with van der Waals surface area (Å²) in [6, 6.07) is 6.16. The van der Waals surface area contributed by atoms with Crippen molar-refractivity contribution in [1.82, 2.24) is 16.0 Å². The van der Waals surface area contributed by atoms with Crippen LogP contribution in [0.2, 0.25) is 0 Å². The fourth-order valence-electron chi connectivity index (χ4n) is 2.20. The average Bonchev–Trinajstić information content (AvgIpc) is 3.18. The van der Waals surface area contributed by atoms with Crippen molar-refractivity contribution in [1.29, 1.82) is 0 Å². The van der Waals surface area contributed by atoms with E-state index in [-0.39, 0.29) is 11.6 Å². The van der Waals surface area contributed by atoms with E-state index in [1.807, 2.05) is 0 Å². The molecule has 0 saturated carbocycles. The summed E-state index contributed by atoms with van der Waals surface area (Å²) in [5, 5.41) is 11.3. The zero-order valence-corrected chi connectivity index (χ0v) is 12.0. The van der Waals surface area contributed by atoms with E-state index in [1.165, 1.54) is 42.1 Å². The molecule has 0 unspecified atom stereocenters. The number of halogens is 1. The van der Waals surface area contributed by atoms with E-state index in [4.69, 9.17) is 4.42 Å². The van der Waals surface area contributed by atoms with E-state index in [9.17, 15) is 14.3 Å². The largest absolute Gasteiger partial charge is 0.507 e. The molecule has 1 amide bonds. The number of hydrazine groups is 2. The second-order valence-electron chi connectivity index (χ2n) is 4.93. The lowest BCUT2D eigenvalue weighted by Gasteiger charge is -2.10. The fourth-order valence-corrected chi connectivity index (χ4v) is 2.20. The standard InChI is InChI=1S/C16H14FN3O3/c17-13-3-1-2-11(7-13)6-12-9-23-10-14(12)15(21)8-16(22)20-5-4-18-19-20/h1-5,7-10,18-19,21H,6H2. The number of amides is 1. The van der Waals surface area contributed by atoms with Gasteiger partial charge in [-0.1, -0.05) is 12.1 Å². The van der Waals surface area contributed by atoms with Gasteiger partial charge in [0, 0.05) is 30.5 Å². The van der Waals surface area contributed by atoms with Crippen LogP contribution in [0.3, 0.4) is 0 Å². The Kier molecular flexibility index (Phi) is 4.11. The third-order valence-electron chi connectivity index (χ3n) is 3.29. The van der Waals surface area contributed by atoms with Crippen LogP contribution in [0.1, 0.15) is 16.7 Å². The number of benzene rings is 1. The third-order valence-corrected chi connectivity index (χ3v) is 3.29. The third kappa shape index (κ3) is 3.41. The summed E-state index contributed by atoms with van der Waals surface area (Å²) < 4.78 is 18.4. The van der Waals surface area contributed by atoms with Gasteiger partial charge in [0.1, 0.15) is 17.8 Å². The number of aliphatic hydroxyl groups excluding tert-OH is 1. The van der Waals surface area contributed by atoms with Crippen molar-refractivity contribution >= 4 is 11.7 Å². The Labute approximate surface area is 131 Å². The van der Waals surface area contributed by atoms with Crippen LogP contribution in [-0.4, -0.2) is 16.0 Å². The van der Waals surface area contributed by atoms with Gasteiger partial charge in [-0.05, 0) is 17.7 Å². The van der Waals surface area contributed by atoms with Crippen LogP contribution in [0.25, 0.3) is 5.76 Å². The number of furan rings is 1. The maximum atomic E-state index is 13.2. The molecular weight excluding hydrogens is 301 g/mol. The lowest BCUT2D eigenvalue weighted by atomic mass is 10.0. The van der Waals surface area contributed by atoms with Crippen molar-refractivity contribution in [3.63, 3.8) is 0 Å². The summed E-state index contributed by atoms with van der Waals surface area (Å²) in [6.45, 7) is 0. The normalized spacial score (nSPS) is 14.1. The minimum absolute atomic E-state index is 0.225. The molecule has 2 aromatic rings. The van der Waals surface area contributed by atoms with Gasteiger partial charge in [0.2, 0.25) is 0 Å². The topological polar surface area (TPSA) is 77.7 Å². The number of nitrogens with zero attached hydrogens (tertiary/aromatic N) is 1. The first-order valence-electron chi connectivity index (χ1n) is 6.85. The van der Waals surface area contributed by atoms with Gasteiger partial charge in [0.05, 0.1) is 11.8 Å². The van der Waals surface area contributed by atoms with Crippen LogP contribution in [0, 0.1) is 5.82 Å². The number of nitrogens with one attached hydrogen (secondary N) is 2. The minimum atomic E-state index is -0.457. The van der Waals surface area contributed by atoms with E-state index in [1.54, 1.807) is 12.1 Å². The highest BCUT2D eigenvalue weighted by Crippen LogP contribution is 2.22. The molecule has 0 saturated heterocycles. The van der Waals surface area contributed by atoms with Crippen molar-refractivity contribution in [3.05, 3.63) is 77.8 Å². The second-order valence-corrected chi connectivity index (χ2v) is 4.93. The molecule has 0 aliphatic carbocycles. The molecule has 0 atom stereocenters. The summed E-state index contributed by atoms with van der Waals surface area (Å²) in [5.74, 6) is -1.01. The summed E-state index contributed by atoms with van der Waals surface area (Å²) >= 11 is 0. The molecule has 0 spiro atoms. The number of aliphatic hydroxyl groups is 1. The van der Waals surface area contributed by atoms with E-state index >= 15 is 0 Å². The summed E-state index contributed by atoms with van der Waals surface area (Å²) in [7, 11) is 0. The SMILES string of the molecule is O=C(C=C(O)c1cocc1Cc1cccc(F)c1)N1C=CNN1. The second kappa shape index (κ2) is 6.37. The molecule has 1 aliphatic heterocycles. The molecule has 1 aromatic carbocycles. The molecular formula is C16H14FN3O3. The Morgan fingerprint density at radius 2 is 2.26 bits per heavy atom. The van der Waals surface area contributed by atoms with Gasteiger partial charge in [0.15, 0.2) is 0 Å². The molecule has 3 rings (SSSR count). The lowest BCUT2D eigenvalue weighted by Crippen LogP contribution is -2.39. The van der Waals surface area contributed by atoms with Crippen molar-refractivity contribution < 1.29 is 18.7 Å². The van der Waals surface area contributed by atoms with E-state index < -0.39 is 5.91 Å². The Balaban J connectivity index is 1.79. The molecule has 0 bridgehead atoms. The van der Waals surface area contributed by atoms with Crippen molar-refractivity contribution in [3.8, 4) is 0 Å². The first-order chi connectivity index (χ1) is 11.1. The number of rotatable bonds is 4. The van der Waals surface area contributed by atoms with Gasteiger partial charge in [-0.3, -0.25) is 4.79 Å². The summed E-state index contributed by atoms with van der Waals surface area (Å²) in [4.78, 5) is 11.9. The Bertz CT molecular complexity index is 782. The zero-order chi connectivity index (χ0) is 16.2. The Morgan fingerprint density at radius 1 is 1.39 bits per heavy atom. The van der Waals surface area contributed by atoms with Crippen LogP contribution in [0.4, 0.5) is 4.39 Å². The highest BCUT2D eigenvalue weighted by Gasteiger charge is 2.16. The first-order valence-corrected chi connectivity index (χ1v) is 6.85. The van der Waals surface area contributed by atoms with Gasteiger partial charge >= 0.3 is 0 Å². The van der Waals surface area contributed by atoms with Crippen LogP contribution in [0.5, 0.6) is 0 Å². The van der Waals surface area contributed by atoms with E-state index in [2.05, 4.69) is 11.0 Å². The van der Waals surface area contributed by atoms with Crippen LogP contribution in [0.15, 0.2) is 59.7 Å². The van der Waals surface area contributed by atoms with Crippen LogP contribution >= 0.6 is 0 Å². The van der Waals surface area contributed by atoms with Gasteiger partial charge in [0.25, 0.3) is 5.91 Å². The number of hydrogen-bond donors (Lipinski definition) is 3. The molecule has 1 aliphatic rings. The maximum Gasteiger partial charge on any atom is 0.270 e. The molecule has 3 N–H and O–H groups in total. The van der Waals surface area contributed by atoms with E-state index in [0.717, 1.165) is 11.6 Å². The van der Waals surface area contributed by atoms with Gasteiger partial charge in [-0.15, -0.1) is 5.53 Å². The average molecular weight is 315 g/mol. The monoisotopic (exact) mass is 315 g/mol. The molecule has 0 fully saturated rings. The lowest BCUT2D eigenvalue weighted by molar-refractivity contribution is -0.125. The highest BCUT2D eigenvalue weighted by atomic mass is 19.1. The van der Waals surface area contributed by atoms with Gasteiger partial charge in [-0.25, -0.2) is 9.40 Å². The van der Waals surface area contributed by atoms with Gasteiger partial charge in [-0.2, -0.15) is 0 Å². The molecule has 6 nitrogen and oxygen atoms in total. The van der Waals surface area contributed by atoms with E-state index in [0.29, 0.717) is 17.5 Å². The first kappa shape index (κ1) is 14.9. The smallest absolute Gasteiger partial charge is 0.270 e. The molecule has 0 radical (unpaired) electrons. The summed E-state index contributed by atoms with van der Waals surface area (Å²) in [5.41, 5.74) is 6.97. The molecule has 7 heteroatoms. The number of carbonyl (C=O) groups is 1. The molecule has 2 heterocycles. The summed E-state index contributed by atoms with van der Waals surface area (Å²) in [6.07, 6.45) is 7.28. The molecule has 118 valence electrons.